The highest BCUT2D eigenvalue weighted by atomic mass is 32.2. The maximum absolute atomic E-state index is 13.2. The SMILES string of the molecule is CCC1CCCCN1c1ccc(S(N)(=O)=O)c(C(F)(F)F)c1. The van der Waals surface area contributed by atoms with Crippen LogP contribution in [0.3, 0.4) is 0 Å². The van der Waals surface area contributed by atoms with Crippen molar-refractivity contribution in [3.63, 3.8) is 0 Å². The van der Waals surface area contributed by atoms with Gasteiger partial charge < -0.3 is 4.90 Å². The molecule has 1 fully saturated rings. The molecule has 1 saturated heterocycles. The van der Waals surface area contributed by atoms with Crippen LogP contribution in [0.5, 0.6) is 0 Å². The zero-order valence-electron chi connectivity index (χ0n) is 12.2. The summed E-state index contributed by atoms with van der Waals surface area (Å²) in [6.45, 7) is 2.66. The second-order valence-corrected chi connectivity index (χ2v) is 7.00. The number of sulfonamides is 1. The highest BCUT2D eigenvalue weighted by molar-refractivity contribution is 7.89. The van der Waals surface area contributed by atoms with Crippen LogP contribution in [-0.2, 0) is 16.2 Å². The van der Waals surface area contributed by atoms with Crippen molar-refractivity contribution in [2.24, 2.45) is 5.14 Å². The number of rotatable bonds is 3. The Balaban J connectivity index is 2.51. The summed E-state index contributed by atoms with van der Waals surface area (Å²) in [6.07, 6.45) is -1.05. The van der Waals surface area contributed by atoms with E-state index in [1.165, 1.54) is 6.07 Å². The molecule has 2 N–H and O–H groups in total. The number of alkyl halides is 3. The fraction of sp³-hybridized carbons (Fsp3) is 0.571. The lowest BCUT2D eigenvalue weighted by Gasteiger charge is -2.37. The summed E-state index contributed by atoms with van der Waals surface area (Å²) in [4.78, 5) is 1.04. The van der Waals surface area contributed by atoms with Gasteiger partial charge in [-0.3, -0.25) is 0 Å². The average molecular weight is 336 g/mol. The van der Waals surface area contributed by atoms with Crippen molar-refractivity contribution < 1.29 is 21.6 Å². The second-order valence-electron chi connectivity index (χ2n) is 5.47. The number of benzene rings is 1. The van der Waals surface area contributed by atoms with E-state index in [1.807, 2.05) is 11.8 Å². The average Bonchev–Trinajstić information content (AvgIpc) is 2.44. The van der Waals surface area contributed by atoms with E-state index in [2.05, 4.69) is 0 Å². The van der Waals surface area contributed by atoms with Gasteiger partial charge in [-0.1, -0.05) is 6.92 Å². The Bertz CT molecular complexity index is 644. The molecule has 0 bridgehead atoms. The Morgan fingerprint density at radius 1 is 1.32 bits per heavy atom. The van der Waals surface area contributed by atoms with Gasteiger partial charge in [-0.05, 0) is 43.9 Å². The van der Waals surface area contributed by atoms with Gasteiger partial charge in [0.1, 0.15) is 0 Å². The number of nitrogens with two attached hydrogens (primary N) is 1. The molecule has 1 aliphatic rings. The van der Waals surface area contributed by atoms with Gasteiger partial charge in [0, 0.05) is 18.3 Å². The molecule has 1 atom stereocenters. The van der Waals surface area contributed by atoms with Crippen LogP contribution in [0.2, 0.25) is 0 Å². The Morgan fingerprint density at radius 3 is 2.55 bits per heavy atom. The summed E-state index contributed by atoms with van der Waals surface area (Å²) in [6, 6.07) is 3.43. The molecule has 124 valence electrons. The third-order valence-corrected chi connectivity index (χ3v) is 4.97. The highest BCUT2D eigenvalue weighted by Crippen LogP contribution is 2.37. The van der Waals surface area contributed by atoms with Crippen molar-refractivity contribution in [1.82, 2.24) is 0 Å². The first-order valence-electron chi connectivity index (χ1n) is 7.15. The van der Waals surface area contributed by atoms with E-state index in [0.29, 0.717) is 12.2 Å². The molecule has 2 rings (SSSR count). The maximum Gasteiger partial charge on any atom is 0.417 e. The van der Waals surface area contributed by atoms with Gasteiger partial charge in [0.05, 0.1) is 10.5 Å². The molecule has 1 aliphatic heterocycles. The van der Waals surface area contributed by atoms with Crippen LogP contribution in [0, 0.1) is 0 Å². The smallest absolute Gasteiger partial charge is 0.369 e. The van der Waals surface area contributed by atoms with E-state index in [9.17, 15) is 21.6 Å². The van der Waals surface area contributed by atoms with Gasteiger partial charge in [0.15, 0.2) is 0 Å². The van der Waals surface area contributed by atoms with Crippen molar-refractivity contribution in [3.8, 4) is 0 Å². The van der Waals surface area contributed by atoms with E-state index in [1.54, 1.807) is 0 Å². The van der Waals surface area contributed by atoms with Gasteiger partial charge in [0.2, 0.25) is 10.0 Å². The number of halogens is 3. The van der Waals surface area contributed by atoms with Crippen molar-refractivity contribution >= 4 is 15.7 Å². The third kappa shape index (κ3) is 3.55. The quantitative estimate of drug-likeness (QED) is 0.922. The predicted molar refractivity (Wildman–Crippen MR) is 78.1 cm³/mol. The molecule has 1 heterocycles. The normalized spacial score (nSPS) is 20.2. The molecule has 0 saturated carbocycles. The third-order valence-electron chi connectivity index (χ3n) is 4.01. The Labute approximate surface area is 128 Å². The summed E-state index contributed by atoms with van der Waals surface area (Å²) in [7, 11) is -4.42. The van der Waals surface area contributed by atoms with Gasteiger partial charge in [-0.15, -0.1) is 0 Å². The highest BCUT2D eigenvalue weighted by Gasteiger charge is 2.37. The molecule has 1 aromatic carbocycles. The van der Waals surface area contributed by atoms with Crippen LogP contribution < -0.4 is 10.0 Å². The number of hydrogen-bond acceptors (Lipinski definition) is 3. The van der Waals surface area contributed by atoms with Crippen LogP contribution in [0.15, 0.2) is 23.1 Å². The summed E-state index contributed by atoms with van der Waals surface area (Å²) in [5.74, 6) is 0. The van der Waals surface area contributed by atoms with Gasteiger partial charge in [-0.25, -0.2) is 13.6 Å². The lowest BCUT2D eigenvalue weighted by Crippen LogP contribution is -2.39. The first-order valence-corrected chi connectivity index (χ1v) is 8.70. The monoisotopic (exact) mass is 336 g/mol. The number of hydrogen-bond donors (Lipinski definition) is 1. The van der Waals surface area contributed by atoms with E-state index >= 15 is 0 Å². The standard InChI is InChI=1S/C14H19F3N2O2S/c1-2-10-5-3-4-8-19(10)11-6-7-13(22(18,20)21)12(9-11)14(15,16)17/h6-7,9-10H,2-5,8H2,1H3,(H2,18,20,21). The van der Waals surface area contributed by atoms with Crippen molar-refractivity contribution in [2.75, 3.05) is 11.4 Å². The Kier molecular flexibility index (Phi) is 4.72. The largest absolute Gasteiger partial charge is 0.417 e. The number of nitrogens with zero attached hydrogens (tertiary/aromatic N) is 1. The summed E-state index contributed by atoms with van der Waals surface area (Å²) in [5, 5.41) is 4.89. The number of anilines is 1. The molecule has 8 heteroatoms. The second kappa shape index (κ2) is 6.08. The molecule has 1 aromatic rings. The van der Waals surface area contributed by atoms with E-state index in [0.717, 1.165) is 37.8 Å². The molecule has 0 radical (unpaired) electrons. The Hall–Kier alpha value is -1.28. The topological polar surface area (TPSA) is 63.4 Å². The van der Waals surface area contributed by atoms with Crippen LogP contribution in [0.1, 0.15) is 38.2 Å². The van der Waals surface area contributed by atoms with Gasteiger partial charge >= 0.3 is 6.18 Å². The molecule has 0 aromatic heterocycles. The summed E-state index contributed by atoms with van der Waals surface area (Å²) >= 11 is 0. The Morgan fingerprint density at radius 2 is 2.00 bits per heavy atom. The van der Waals surface area contributed by atoms with Crippen molar-refractivity contribution in [2.45, 2.75) is 49.7 Å². The summed E-state index contributed by atoms with van der Waals surface area (Å²) < 4.78 is 62.2. The van der Waals surface area contributed by atoms with E-state index in [-0.39, 0.29) is 6.04 Å². The maximum atomic E-state index is 13.2. The minimum absolute atomic E-state index is 0.176. The number of piperidine rings is 1. The van der Waals surface area contributed by atoms with Crippen molar-refractivity contribution in [3.05, 3.63) is 23.8 Å². The molecular formula is C14H19F3N2O2S. The van der Waals surface area contributed by atoms with Crippen LogP contribution >= 0.6 is 0 Å². The molecule has 22 heavy (non-hydrogen) atoms. The molecular weight excluding hydrogens is 317 g/mol. The molecule has 0 spiro atoms. The first kappa shape index (κ1) is 17.1. The van der Waals surface area contributed by atoms with Crippen molar-refractivity contribution in [1.29, 1.82) is 0 Å². The molecule has 1 unspecified atom stereocenters. The molecule has 0 aliphatic carbocycles. The van der Waals surface area contributed by atoms with Crippen LogP contribution in [-0.4, -0.2) is 21.0 Å². The van der Waals surface area contributed by atoms with Crippen LogP contribution in [0.25, 0.3) is 0 Å². The molecule has 0 amide bonds. The minimum Gasteiger partial charge on any atom is -0.369 e. The fourth-order valence-electron chi connectivity index (χ4n) is 2.93. The fourth-order valence-corrected chi connectivity index (χ4v) is 3.67. The zero-order valence-corrected chi connectivity index (χ0v) is 13.0. The lowest BCUT2D eigenvalue weighted by atomic mass is 9.99. The van der Waals surface area contributed by atoms with Crippen LogP contribution in [0.4, 0.5) is 18.9 Å². The zero-order chi connectivity index (χ0) is 16.5. The first-order chi connectivity index (χ1) is 10.1. The van der Waals surface area contributed by atoms with Gasteiger partial charge in [0.25, 0.3) is 0 Å². The minimum atomic E-state index is -4.77. The van der Waals surface area contributed by atoms with E-state index < -0.39 is 26.7 Å². The number of primary sulfonamides is 1. The lowest BCUT2D eigenvalue weighted by molar-refractivity contribution is -0.139. The molecule has 4 nitrogen and oxygen atoms in total. The van der Waals surface area contributed by atoms with Gasteiger partial charge in [-0.2, -0.15) is 13.2 Å². The predicted octanol–water partition coefficient (Wildman–Crippen LogP) is 3.12. The summed E-state index contributed by atoms with van der Waals surface area (Å²) in [5.41, 5.74) is -0.806. The van der Waals surface area contributed by atoms with E-state index in [4.69, 9.17) is 5.14 Å².